The van der Waals surface area contributed by atoms with Crippen molar-refractivity contribution in [3.05, 3.63) is 38.4 Å². The molecule has 0 aromatic carbocycles. The Morgan fingerprint density at radius 2 is 1.94 bits per heavy atom. The molecule has 1 atom stereocenters. The number of hydrogen-bond acceptors (Lipinski definition) is 4. The van der Waals surface area contributed by atoms with E-state index >= 15 is 0 Å². The molecule has 5 heteroatoms. The number of aryl methyl sites for hydroxylation is 3. The highest BCUT2D eigenvalue weighted by Crippen LogP contribution is 2.28. The van der Waals surface area contributed by atoms with Crippen LogP contribution in [-0.4, -0.2) is 9.97 Å². The molecule has 2 aromatic rings. The van der Waals surface area contributed by atoms with Crippen molar-refractivity contribution in [3.63, 3.8) is 0 Å². The first-order valence-corrected chi connectivity index (χ1v) is 7.00. The fourth-order valence-electron chi connectivity index (χ4n) is 1.99. The standard InChI is InChI=1S/C13H16ClN3S/c1-7-5-11(9(3)18-7)8(2)15-13-6-12(14)16-10(4)17-13/h5-6,8H,1-4H3,(H,15,16,17). The molecule has 0 radical (unpaired) electrons. The minimum atomic E-state index is 0.209. The quantitative estimate of drug-likeness (QED) is 0.853. The number of anilines is 1. The molecule has 1 unspecified atom stereocenters. The third kappa shape index (κ3) is 3.00. The number of aromatic nitrogens is 2. The largest absolute Gasteiger partial charge is 0.363 e. The van der Waals surface area contributed by atoms with Gasteiger partial charge in [0.05, 0.1) is 6.04 Å². The summed E-state index contributed by atoms with van der Waals surface area (Å²) in [6.07, 6.45) is 0. The molecule has 0 fully saturated rings. The third-order valence-electron chi connectivity index (χ3n) is 2.72. The van der Waals surface area contributed by atoms with E-state index in [0.717, 1.165) is 5.82 Å². The minimum absolute atomic E-state index is 0.209. The van der Waals surface area contributed by atoms with Crippen LogP contribution in [-0.2, 0) is 0 Å². The van der Waals surface area contributed by atoms with E-state index in [1.165, 1.54) is 15.3 Å². The molecule has 2 rings (SSSR count). The van der Waals surface area contributed by atoms with Crippen LogP contribution in [0.3, 0.4) is 0 Å². The van der Waals surface area contributed by atoms with E-state index in [9.17, 15) is 0 Å². The van der Waals surface area contributed by atoms with Crippen molar-refractivity contribution in [2.75, 3.05) is 5.32 Å². The first kappa shape index (κ1) is 13.3. The molecule has 2 aromatic heterocycles. The topological polar surface area (TPSA) is 37.8 Å². The maximum Gasteiger partial charge on any atom is 0.134 e. The van der Waals surface area contributed by atoms with Crippen LogP contribution in [0, 0.1) is 20.8 Å². The minimum Gasteiger partial charge on any atom is -0.363 e. The van der Waals surface area contributed by atoms with Crippen molar-refractivity contribution in [2.45, 2.75) is 33.7 Å². The van der Waals surface area contributed by atoms with Crippen LogP contribution in [0.25, 0.3) is 0 Å². The molecule has 1 N–H and O–H groups in total. The Hall–Kier alpha value is -1.13. The van der Waals surface area contributed by atoms with Gasteiger partial charge in [0.15, 0.2) is 0 Å². The Kier molecular flexibility index (Phi) is 3.88. The number of thiophene rings is 1. The summed E-state index contributed by atoms with van der Waals surface area (Å²) in [5, 5.41) is 3.83. The first-order valence-electron chi connectivity index (χ1n) is 5.80. The van der Waals surface area contributed by atoms with Crippen molar-refractivity contribution < 1.29 is 0 Å². The van der Waals surface area contributed by atoms with Gasteiger partial charge in [0.1, 0.15) is 16.8 Å². The van der Waals surface area contributed by atoms with Crippen LogP contribution in [0.4, 0.5) is 5.82 Å². The van der Waals surface area contributed by atoms with Gasteiger partial charge in [-0.15, -0.1) is 11.3 Å². The van der Waals surface area contributed by atoms with E-state index in [1.807, 2.05) is 18.3 Å². The lowest BCUT2D eigenvalue weighted by atomic mass is 10.1. The molecule has 0 bridgehead atoms. The van der Waals surface area contributed by atoms with Gasteiger partial charge in [0.25, 0.3) is 0 Å². The number of halogens is 1. The fourth-order valence-corrected chi connectivity index (χ4v) is 3.23. The highest BCUT2D eigenvalue weighted by atomic mass is 35.5. The van der Waals surface area contributed by atoms with Crippen LogP contribution in [0.5, 0.6) is 0 Å². The van der Waals surface area contributed by atoms with E-state index in [1.54, 1.807) is 6.07 Å². The van der Waals surface area contributed by atoms with Crippen molar-refractivity contribution >= 4 is 28.8 Å². The summed E-state index contributed by atoms with van der Waals surface area (Å²) in [6, 6.07) is 4.17. The van der Waals surface area contributed by atoms with Gasteiger partial charge in [-0.2, -0.15) is 0 Å². The molecule has 0 spiro atoms. The van der Waals surface area contributed by atoms with Crippen LogP contribution in [0.1, 0.15) is 34.1 Å². The normalized spacial score (nSPS) is 12.5. The molecule has 0 amide bonds. The molecule has 0 aliphatic heterocycles. The number of nitrogens with one attached hydrogen (secondary N) is 1. The second-order valence-electron chi connectivity index (χ2n) is 4.36. The van der Waals surface area contributed by atoms with Crippen LogP contribution >= 0.6 is 22.9 Å². The van der Waals surface area contributed by atoms with E-state index in [4.69, 9.17) is 11.6 Å². The summed E-state index contributed by atoms with van der Waals surface area (Å²) in [5.74, 6) is 1.44. The van der Waals surface area contributed by atoms with Gasteiger partial charge in [-0.1, -0.05) is 11.6 Å². The lowest BCUT2D eigenvalue weighted by Crippen LogP contribution is -2.09. The Bertz CT molecular complexity index is 545. The zero-order chi connectivity index (χ0) is 13.3. The second kappa shape index (κ2) is 5.24. The average Bonchev–Trinajstić information content (AvgIpc) is 2.56. The highest BCUT2D eigenvalue weighted by Gasteiger charge is 2.12. The summed E-state index contributed by atoms with van der Waals surface area (Å²) < 4.78 is 0. The maximum atomic E-state index is 5.93. The summed E-state index contributed by atoms with van der Waals surface area (Å²) in [5.41, 5.74) is 1.31. The summed E-state index contributed by atoms with van der Waals surface area (Å²) in [6.45, 7) is 8.23. The Labute approximate surface area is 116 Å². The summed E-state index contributed by atoms with van der Waals surface area (Å²) in [7, 11) is 0. The Balaban J connectivity index is 2.20. The Morgan fingerprint density at radius 1 is 1.22 bits per heavy atom. The maximum absolute atomic E-state index is 5.93. The third-order valence-corrected chi connectivity index (χ3v) is 3.89. The van der Waals surface area contributed by atoms with E-state index in [0.29, 0.717) is 11.0 Å². The summed E-state index contributed by atoms with van der Waals surface area (Å²) >= 11 is 7.74. The van der Waals surface area contributed by atoms with Gasteiger partial charge in [-0.05, 0) is 39.3 Å². The molecule has 0 saturated carbocycles. The van der Waals surface area contributed by atoms with Gasteiger partial charge in [0.2, 0.25) is 0 Å². The Morgan fingerprint density at radius 3 is 2.50 bits per heavy atom. The van der Waals surface area contributed by atoms with Crippen LogP contribution < -0.4 is 5.32 Å². The highest BCUT2D eigenvalue weighted by molar-refractivity contribution is 7.12. The molecular formula is C13H16ClN3S. The number of rotatable bonds is 3. The van der Waals surface area contributed by atoms with E-state index < -0.39 is 0 Å². The second-order valence-corrected chi connectivity index (χ2v) is 6.21. The van der Waals surface area contributed by atoms with Crippen molar-refractivity contribution in [1.29, 1.82) is 0 Å². The van der Waals surface area contributed by atoms with E-state index in [2.05, 4.69) is 42.1 Å². The smallest absolute Gasteiger partial charge is 0.134 e. The zero-order valence-corrected chi connectivity index (χ0v) is 12.5. The van der Waals surface area contributed by atoms with Gasteiger partial charge in [-0.25, -0.2) is 9.97 Å². The van der Waals surface area contributed by atoms with E-state index in [-0.39, 0.29) is 6.04 Å². The summed E-state index contributed by atoms with van der Waals surface area (Å²) in [4.78, 5) is 11.0. The molecule has 18 heavy (non-hydrogen) atoms. The monoisotopic (exact) mass is 281 g/mol. The molecule has 0 saturated heterocycles. The lowest BCUT2D eigenvalue weighted by Gasteiger charge is -2.15. The average molecular weight is 282 g/mol. The lowest BCUT2D eigenvalue weighted by molar-refractivity contribution is 0.864. The number of nitrogens with zero attached hydrogens (tertiary/aromatic N) is 2. The van der Waals surface area contributed by atoms with Crippen molar-refractivity contribution in [1.82, 2.24) is 9.97 Å². The molecular weight excluding hydrogens is 266 g/mol. The predicted octanol–water partition coefficient (Wildman–Crippen LogP) is 4.29. The van der Waals surface area contributed by atoms with Crippen molar-refractivity contribution in [3.8, 4) is 0 Å². The molecule has 2 heterocycles. The van der Waals surface area contributed by atoms with Gasteiger partial charge >= 0.3 is 0 Å². The number of hydrogen-bond donors (Lipinski definition) is 1. The van der Waals surface area contributed by atoms with Gasteiger partial charge < -0.3 is 5.32 Å². The van der Waals surface area contributed by atoms with Gasteiger partial charge in [-0.3, -0.25) is 0 Å². The van der Waals surface area contributed by atoms with Gasteiger partial charge in [0, 0.05) is 15.8 Å². The fraction of sp³-hybridized carbons (Fsp3) is 0.385. The van der Waals surface area contributed by atoms with Crippen LogP contribution in [0.15, 0.2) is 12.1 Å². The molecule has 0 aliphatic carbocycles. The van der Waals surface area contributed by atoms with Crippen molar-refractivity contribution in [2.24, 2.45) is 0 Å². The molecule has 96 valence electrons. The predicted molar refractivity (Wildman–Crippen MR) is 77.6 cm³/mol. The first-order chi connectivity index (χ1) is 8.45. The van der Waals surface area contributed by atoms with Crippen LogP contribution in [0.2, 0.25) is 5.15 Å². The SMILES string of the molecule is Cc1nc(Cl)cc(NC(C)c2cc(C)sc2C)n1. The molecule has 3 nitrogen and oxygen atoms in total. The zero-order valence-electron chi connectivity index (χ0n) is 10.9. The molecule has 0 aliphatic rings.